The quantitative estimate of drug-likeness (QED) is 0.415. The second-order valence-electron chi connectivity index (χ2n) is 9.69. The van der Waals surface area contributed by atoms with Crippen molar-refractivity contribution in [1.82, 2.24) is 24.6 Å². The first-order valence-corrected chi connectivity index (χ1v) is 12.0. The smallest absolute Gasteiger partial charge is 0.410 e. The third kappa shape index (κ3) is 6.54. The molecule has 1 atom stereocenters. The van der Waals surface area contributed by atoms with E-state index in [2.05, 4.69) is 15.1 Å². The number of anilines is 1. The molecule has 39 heavy (non-hydrogen) atoms. The molecule has 0 aliphatic rings. The second-order valence-corrected chi connectivity index (χ2v) is 9.69. The van der Waals surface area contributed by atoms with Gasteiger partial charge in [0.05, 0.1) is 43.3 Å². The third-order valence-electron chi connectivity index (χ3n) is 5.77. The Morgan fingerprint density at radius 1 is 1.21 bits per heavy atom. The zero-order chi connectivity index (χ0) is 29.1. The van der Waals surface area contributed by atoms with Crippen molar-refractivity contribution in [3.8, 4) is 23.0 Å². The lowest BCUT2D eigenvalue weighted by Gasteiger charge is -2.29. The summed E-state index contributed by atoms with van der Waals surface area (Å²) in [5.74, 6) is -1.05. The lowest BCUT2D eigenvalue weighted by molar-refractivity contribution is 0.0228. The number of nitrogens with two attached hydrogens (primary N) is 1. The van der Waals surface area contributed by atoms with E-state index in [1.165, 1.54) is 31.4 Å². The van der Waals surface area contributed by atoms with Crippen LogP contribution >= 0.6 is 0 Å². The zero-order valence-electron chi connectivity index (χ0n) is 23.2. The van der Waals surface area contributed by atoms with Crippen molar-refractivity contribution < 1.29 is 32.9 Å². The molecule has 3 rings (SSSR count). The molecule has 0 saturated carbocycles. The van der Waals surface area contributed by atoms with E-state index in [4.69, 9.17) is 24.7 Å². The Kier molecular flexibility index (Phi) is 8.62. The molecule has 0 aliphatic carbocycles. The molecular weight excluding hydrogens is 511 g/mol. The summed E-state index contributed by atoms with van der Waals surface area (Å²) in [7, 11) is 6.01. The molecule has 1 aromatic carbocycles. The standard InChI is InChI=1S/C26H33FN6O6/c1-14(32(5)25(35)39-26(2,3)4)20-19(22(36-7)31-33(20)6)18-12-29-21(28)23(30-18)38-13-15-11-16(27)9-10-17(15)24(34)37-8/h9-12,14H,13H2,1-8H3,(H2,28,29). The number of esters is 1. The first-order chi connectivity index (χ1) is 18.3. The van der Waals surface area contributed by atoms with E-state index in [9.17, 15) is 14.0 Å². The molecule has 210 valence electrons. The van der Waals surface area contributed by atoms with Crippen LogP contribution in [0.2, 0.25) is 0 Å². The predicted octanol–water partition coefficient (Wildman–Crippen LogP) is 3.90. The van der Waals surface area contributed by atoms with Gasteiger partial charge in [0.1, 0.15) is 23.7 Å². The monoisotopic (exact) mass is 544 g/mol. The van der Waals surface area contributed by atoms with E-state index in [-0.39, 0.29) is 35.3 Å². The molecule has 0 saturated heterocycles. The number of halogens is 1. The van der Waals surface area contributed by atoms with Crippen molar-refractivity contribution in [2.45, 2.75) is 45.9 Å². The van der Waals surface area contributed by atoms with Crippen LogP contribution in [0.25, 0.3) is 11.3 Å². The van der Waals surface area contributed by atoms with Crippen LogP contribution in [0.4, 0.5) is 15.0 Å². The van der Waals surface area contributed by atoms with Gasteiger partial charge < -0.3 is 29.6 Å². The number of aryl methyl sites for hydroxylation is 1. The fourth-order valence-corrected chi connectivity index (χ4v) is 3.79. The maximum absolute atomic E-state index is 13.9. The number of carbonyl (C=O) groups is 2. The van der Waals surface area contributed by atoms with Gasteiger partial charge in [-0.05, 0) is 45.9 Å². The lowest BCUT2D eigenvalue weighted by Crippen LogP contribution is -2.36. The van der Waals surface area contributed by atoms with E-state index in [0.29, 0.717) is 17.0 Å². The Labute approximate surface area is 225 Å². The second kappa shape index (κ2) is 11.5. The van der Waals surface area contributed by atoms with Gasteiger partial charge in [0.2, 0.25) is 5.88 Å². The van der Waals surface area contributed by atoms with Crippen LogP contribution in [0.5, 0.6) is 11.8 Å². The summed E-state index contributed by atoms with van der Waals surface area (Å²) >= 11 is 0. The highest BCUT2D eigenvalue weighted by Crippen LogP contribution is 2.38. The maximum Gasteiger partial charge on any atom is 0.410 e. The van der Waals surface area contributed by atoms with E-state index in [1.54, 1.807) is 39.5 Å². The first kappa shape index (κ1) is 29.1. The Morgan fingerprint density at radius 2 is 1.90 bits per heavy atom. The number of aromatic nitrogens is 4. The minimum absolute atomic E-state index is 0.0295. The number of benzene rings is 1. The molecule has 2 aromatic heterocycles. The predicted molar refractivity (Wildman–Crippen MR) is 140 cm³/mol. The fraction of sp³-hybridized carbons (Fsp3) is 0.423. The molecule has 2 N–H and O–H groups in total. The van der Waals surface area contributed by atoms with Crippen LogP contribution in [0.15, 0.2) is 24.4 Å². The van der Waals surface area contributed by atoms with Crippen molar-refractivity contribution >= 4 is 17.9 Å². The Morgan fingerprint density at radius 3 is 2.51 bits per heavy atom. The summed E-state index contributed by atoms with van der Waals surface area (Å²) in [5.41, 5.74) is 7.06. The van der Waals surface area contributed by atoms with Gasteiger partial charge in [0.25, 0.3) is 5.88 Å². The molecule has 0 radical (unpaired) electrons. The van der Waals surface area contributed by atoms with Crippen molar-refractivity contribution in [2.24, 2.45) is 7.05 Å². The zero-order valence-corrected chi connectivity index (χ0v) is 23.2. The molecule has 1 amide bonds. The fourth-order valence-electron chi connectivity index (χ4n) is 3.79. The molecule has 1 unspecified atom stereocenters. The van der Waals surface area contributed by atoms with Crippen LogP contribution in [-0.2, 0) is 23.1 Å². The van der Waals surface area contributed by atoms with Gasteiger partial charge in [0.15, 0.2) is 5.82 Å². The van der Waals surface area contributed by atoms with Gasteiger partial charge in [-0.15, -0.1) is 5.10 Å². The van der Waals surface area contributed by atoms with Gasteiger partial charge in [-0.3, -0.25) is 4.68 Å². The Bertz CT molecular complexity index is 1370. The Hall–Kier alpha value is -4.42. The van der Waals surface area contributed by atoms with E-state index in [1.807, 2.05) is 6.92 Å². The van der Waals surface area contributed by atoms with E-state index in [0.717, 1.165) is 12.1 Å². The first-order valence-electron chi connectivity index (χ1n) is 12.0. The van der Waals surface area contributed by atoms with Crippen molar-refractivity contribution in [1.29, 1.82) is 0 Å². The average Bonchev–Trinajstić information content (AvgIpc) is 3.21. The van der Waals surface area contributed by atoms with Gasteiger partial charge in [-0.2, -0.15) is 0 Å². The van der Waals surface area contributed by atoms with Gasteiger partial charge in [-0.1, -0.05) is 0 Å². The summed E-state index contributed by atoms with van der Waals surface area (Å²) in [6.07, 6.45) is 0.901. The molecule has 0 bridgehead atoms. The number of rotatable bonds is 8. The molecule has 0 spiro atoms. The van der Waals surface area contributed by atoms with Crippen LogP contribution in [-0.4, -0.2) is 63.6 Å². The molecule has 12 nitrogen and oxygen atoms in total. The van der Waals surface area contributed by atoms with Crippen LogP contribution < -0.4 is 15.2 Å². The average molecular weight is 545 g/mol. The minimum atomic E-state index is -0.678. The summed E-state index contributed by atoms with van der Waals surface area (Å²) in [4.78, 5) is 35.0. The normalized spacial score (nSPS) is 12.0. The van der Waals surface area contributed by atoms with E-state index >= 15 is 0 Å². The molecule has 3 aromatic rings. The summed E-state index contributed by atoms with van der Waals surface area (Å²) in [6.45, 7) is 6.92. The van der Waals surface area contributed by atoms with Gasteiger partial charge >= 0.3 is 12.1 Å². The Balaban J connectivity index is 2.00. The highest BCUT2D eigenvalue weighted by Gasteiger charge is 2.31. The lowest BCUT2D eigenvalue weighted by atomic mass is 10.1. The highest BCUT2D eigenvalue weighted by molar-refractivity contribution is 5.91. The maximum atomic E-state index is 13.9. The molecule has 2 heterocycles. The molecule has 0 aliphatic heterocycles. The van der Waals surface area contributed by atoms with Crippen LogP contribution in [0, 0.1) is 5.82 Å². The SMILES string of the molecule is COC(=O)c1ccc(F)cc1COc1nc(-c2c(OC)nn(C)c2C(C)N(C)C(=O)OC(C)(C)C)cnc1N. The number of nitrogen functional groups attached to an aromatic ring is 1. The van der Waals surface area contributed by atoms with Gasteiger partial charge in [0, 0.05) is 19.7 Å². The molecule has 13 heteroatoms. The number of methoxy groups -OCH3 is 2. The number of carbonyl (C=O) groups excluding carboxylic acids is 2. The number of hydrogen-bond donors (Lipinski definition) is 1. The van der Waals surface area contributed by atoms with Crippen LogP contribution in [0.3, 0.4) is 0 Å². The third-order valence-corrected chi connectivity index (χ3v) is 5.77. The number of hydrogen-bond acceptors (Lipinski definition) is 10. The van der Waals surface area contributed by atoms with Gasteiger partial charge in [-0.25, -0.2) is 23.9 Å². The van der Waals surface area contributed by atoms with Crippen LogP contribution in [0.1, 0.15) is 55.4 Å². The number of ether oxygens (including phenoxy) is 4. The summed E-state index contributed by atoms with van der Waals surface area (Å²) in [6, 6.07) is 3.10. The van der Waals surface area contributed by atoms with Crippen molar-refractivity contribution in [3.63, 3.8) is 0 Å². The largest absolute Gasteiger partial charge is 0.479 e. The molecular formula is C26H33FN6O6. The topological polar surface area (TPSA) is 144 Å². The minimum Gasteiger partial charge on any atom is -0.479 e. The van der Waals surface area contributed by atoms with E-state index < -0.39 is 29.5 Å². The van der Waals surface area contributed by atoms with Crippen molar-refractivity contribution in [3.05, 3.63) is 47.0 Å². The summed E-state index contributed by atoms with van der Waals surface area (Å²) < 4.78 is 37.0. The molecule has 0 fully saturated rings. The number of nitrogens with zero attached hydrogens (tertiary/aromatic N) is 5. The highest BCUT2D eigenvalue weighted by atomic mass is 19.1. The summed E-state index contributed by atoms with van der Waals surface area (Å²) in [5, 5.41) is 4.42. The van der Waals surface area contributed by atoms with Crippen molar-refractivity contribution in [2.75, 3.05) is 27.0 Å². The number of amides is 1.